The second kappa shape index (κ2) is 16.8. The summed E-state index contributed by atoms with van der Waals surface area (Å²) in [6.45, 7) is 10.6. The van der Waals surface area contributed by atoms with Crippen LogP contribution in [0.1, 0.15) is 36.8 Å². The summed E-state index contributed by atoms with van der Waals surface area (Å²) in [4.78, 5) is 4.82. The van der Waals surface area contributed by atoms with E-state index < -0.39 is 0 Å². The molecule has 2 aromatic rings. The minimum atomic E-state index is 0.0686. The fraction of sp³-hybridized carbons (Fsp3) is 0.533. The number of hydrogen-bond donors (Lipinski definition) is 2. The maximum atomic E-state index is 10.3. The molecule has 0 radical (unpaired) electrons. The summed E-state index contributed by atoms with van der Waals surface area (Å²) in [7, 11) is 0. The molecule has 0 unspecified atom stereocenters. The molecule has 0 spiro atoms. The summed E-state index contributed by atoms with van der Waals surface area (Å²) in [6, 6.07) is 10.3. The first-order chi connectivity index (χ1) is 19.7. The molecule has 10 nitrogen and oxygen atoms in total. The third kappa shape index (κ3) is 10.4. The van der Waals surface area contributed by atoms with Gasteiger partial charge in [0.15, 0.2) is 0 Å². The van der Waals surface area contributed by atoms with E-state index in [0.717, 1.165) is 91.4 Å². The predicted molar refractivity (Wildman–Crippen MR) is 155 cm³/mol. The van der Waals surface area contributed by atoms with Crippen LogP contribution in [0.15, 0.2) is 46.6 Å². The molecule has 0 bridgehead atoms. The average molecular weight is 555 g/mol. The van der Waals surface area contributed by atoms with Gasteiger partial charge in [-0.3, -0.25) is 9.80 Å². The first kappa shape index (κ1) is 29.8. The van der Waals surface area contributed by atoms with Crippen molar-refractivity contribution in [3.05, 3.63) is 47.5 Å². The third-order valence-corrected chi connectivity index (χ3v) is 6.95. The normalized spacial score (nSPS) is 17.1. The van der Waals surface area contributed by atoms with Crippen LogP contribution in [-0.2, 0) is 9.47 Å². The second-order valence-electron chi connectivity index (χ2n) is 9.95. The molecular formula is C30H42N4O6. The molecule has 2 fully saturated rings. The number of ether oxygens (including phenoxy) is 4. The number of aromatic hydroxyl groups is 2. The quantitative estimate of drug-likeness (QED) is 0.196. The Morgan fingerprint density at radius 2 is 1.07 bits per heavy atom. The topological polar surface area (TPSA) is 109 Å². The molecule has 2 N–H and O–H groups in total. The maximum Gasteiger partial charge on any atom is 0.128 e. The van der Waals surface area contributed by atoms with E-state index in [1.165, 1.54) is 12.4 Å². The van der Waals surface area contributed by atoms with Gasteiger partial charge in [0.2, 0.25) is 0 Å². The van der Waals surface area contributed by atoms with E-state index in [1.807, 2.05) is 0 Å². The summed E-state index contributed by atoms with van der Waals surface area (Å²) >= 11 is 0. The maximum absolute atomic E-state index is 10.3. The lowest BCUT2D eigenvalue weighted by molar-refractivity contribution is 0.0367. The van der Waals surface area contributed by atoms with E-state index >= 15 is 0 Å². The lowest BCUT2D eigenvalue weighted by Crippen LogP contribution is -2.36. The van der Waals surface area contributed by atoms with Crippen molar-refractivity contribution >= 4 is 12.4 Å². The second-order valence-corrected chi connectivity index (χ2v) is 9.95. The number of phenolic OH excluding ortho intramolecular Hbond substituents is 2. The number of rotatable bonds is 15. The molecule has 10 heteroatoms. The van der Waals surface area contributed by atoms with Crippen molar-refractivity contribution in [3.8, 4) is 23.0 Å². The van der Waals surface area contributed by atoms with Crippen molar-refractivity contribution in [2.75, 3.05) is 78.9 Å². The number of morpholine rings is 2. The number of benzene rings is 2. The molecule has 2 aliphatic heterocycles. The highest BCUT2D eigenvalue weighted by Gasteiger charge is 2.10. The smallest absolute Gasteiger partial charge is 0.128 e. The minimum absolute atomic E-state index is 0.0686. The molecule has 2 aromatic carbocycles. The van der Waals surface area contributed by atoms with Crippen LogP contribution in [0.3, 0.4) is 0 Å². The zero-order chi connectivity index (χ0) is 27.8. The Morgan fingerprint density at radius 3 is 1.48 bits per heavy atom. The van der Waals surface area contributed by atoms with Crippen molar-refractivity contribution in [2.24, 2.45) is 10.2 Å². The molecule has 2 heterocycles. The van der Waals surface area contributed by atoms with Gasteiger partial charge in [-0.25, -0.2) is 0 Å². The van der Waals surface area contributed by atoms with Crippen LogP contribution in [0.4, 0.5) is 0 Å². The van der Waals surface area contributed by atoms with Gasteiger partial charge in [0, 0.05) is 49.4 Å². The van der Waals surface area contributed by atoms with E-state index in [0.29, 0.717) is 35.8 Å². The minimum Gasteiger partial charge on any atom is -0.507 e. The standard InChI is InChI=1S/C30H42N4O6/c35-29-21-27(39-15-3-1-9-33-11-17-37-18-12-33)7-5-25(29)23-31-32-24-26-6-8-28(22-30(26)36)40-16-4-2-10-34-13-19-38-20-14-34/h5-8,21-24,35-36H,1-4,9-20H2/b31-23-,32-24-. The van der Waals surface area contributed by atoms with E-state index in [4.69, 9.17) is 18.9 Å². The summed E-state index contributed by atoms with van der Waals surface area (Å²) in [6.07, 6.45) is 6.95. The Hall–Kier alpha value is -3.18. The summed E-state index contributed by atoms with van der Waals surface area (Å²) in [5.41, 5.74) is 1.05. The van der Waals surface area contributed by atoms with Gasteiger partial charge in [-0.2, -0.15) is 10.2 Å². The highest BCUT2D eigenvalue weighted by Crippen LogP contribution is 2.24. The average Bonchev–Trinajstić information content (AvgIpc) is 2.98. The van der Waals surface area contributed by atoms with Gasteiger partial charge in [0.05, 0.1) is 52.1 Å². The number of phenols is 2. The Kier molecular flexibility index (Phi) is 12.5. The zero-order valence-corrected chi connectivity index (χ0v) is 23.2. The number of hydrogen-bond acceptors (Lipinski definition) is 10. The van der Waals surface area contributed by atoms with E-state index in [2.05, 4.69) is 20.0 Å². The van der Waals surface area contributed by atoms with Gasteiger partial charge < -0.3 is 29.2 Å². The van der Waals surface area contributed by atoms with Crippen LogP contribution in [0.5, 0.6) is 23.0 Å². The number of unbranched alkanes of at least 4 members (excludes halogenated alkanes) is 2. The molecule has 0 aromatic heterocycles. The summed E-state index contributed by atoms with van der Waals surface area (Å²) in [5, 5.41) is 28.7. The predicted octanol–water partition coefficient (Wildman–Crippen LogP) is 3.53. The van der Waals surface area contributed by atoms with Gasteiger partial charge in [0.25, 0.3) is 0 Å². The first-order valence-electron chi connectivity index (χ1n) is 14.3. The number of nitrogens with zero attached hydrogens (tertiary/aromatic N) is 4. The Labute approximate surface area is 236 Å². The van der Waals surface area contributed by atoms with Crippen molar-refractivity contribution in [2.45, 2.75) is 25.7 Å². The Morgan fingerprint density at radius 1 is 0.650 bits per heavy atom. The zero-order valence-electron chi connectivity index (χ0n) is 23.2. The molecule has 4 rings (SSSR count). The summed E-state index contributed by atoms with van der Waals surface area (Å²) < 4.78 is 22.3. The molecule has 0 atom stereocenters. The lowest BCUT2D eigenvalue weighted by atomic mass is 10.2. The van der Waals surface area contributed by atoms with Crippen molar-refractivity contribution in [1.29, 1.82) is 0 Å². The van der Waals surface area contributed by atoms with Gasteiger partial charge in [-0.1, -0.05) is 0 Å². The van der Waals surface area contributed by atoms with Gasteiger partial charge >= 0.3 is 0 Å². The molecular weight excluding hydrogens is 512 g/mol. The van der Waals surface area contributed by atoms with Crippen LogP contribution in [0.25, 0.3) is 0 Å². The Bertz CT molecular complexity index is 998. The largest absolute Gasteiger partial charge is 0.507 e. The van der Waals surface area contributed by atoms with E-state index in [-0.39, 0.29) is 11.5 Å². The lowest BCUT2D eigenvalue weighted by Gasteiger charge is -2.26. The molecule has 2 aliphatic rings. The van der Waals surface area contributed by atoms with Gasteiger partial charge in [-0.05, 0) is 63.0 Å². The fourth-order valence-electron chi connectivity index (χ4n) is 4.54. The van der Waals surface area contributed by atoms with Crippen LogP contribution in [-0.4, -0.2) is 111 Å². The molecule has 2 saturated heterocycles. The van der Waals surface area contributed by atoms with Crippen molar-refractivity contribution in [3.63, 3.8) is 0 Å². The van der Waals surface area contributed by atoms with Crippen LogP contribution < -0.4 is 9.47 Å². The molecule has 0 aliphatic carbocycles. The molecule has 0 amide bonds. The van der Waals surface area contributed by atoms with E-state index in [9.17, 15) is 10.2 Å². The van der Waals surface area contributed by atoms with Crippen LogP contribution in [0, 0.1) is 0 Å². The van der Waals surface area contributed by atoms with Crippen LogP contribution >= 0.6 is 0 Å². The molecule has 40 heavy (non-hydrogen) atoms. The van der Waals surface area contributed by atoms with Crippen molar-refractivity contribution in [1.82, 2.24) is 9.80 Å². The van der Waals surface area contributed by atoms with Gasteiger partial charge in [0.1, 0.15) is 23.0 Å². The highest BCUT2D eigenvalue weighted by molar-refractivity contribution is 5.86. The monoisotopic (exact) mass is 554 g/mol. The summed E-state index contributed by atoms with van der Waals surface area (Å²) in [5.74, 6) is 1.38. The highest BCUT2D eigenvalue weighted by atomic mass is 16.5. The first-order valence-corrected chi connectivity index (χ1v) is 14.3. The Balaban J connectivity index is 1.13. The fourth-order valence-corrected chi connectivity index (χ4v) is 4.54. The van der Waals surface area contributed by atoms with Gasteiger partial charge in [-0.15, -0.1) is 0 Å². The molecule has 0 saturated carbocycles. The third-order valence-electron chi connectivity index (χ3n) is 6.95. The molecule has 218 valence electrons. The van der Waals surface area contributed by atoms with Crippen molar-refractivity contribution < 1.29 is 29.2 Å². The van der Waals surface area contributed by atoms with E-state index in [1.54, 1.807) is 36.4 Å². The SMILES string of the molecule is Oc1cc(OCCCCN2CCOCC2)ccc1/C=N\N=C/c1ccc(OCCCCN2CCOCC2)cc1O. The van der Waals surface area contributed by atoms with Crippen LogP contribution in [0.2, 0.25) is 0 Å².